The number of likely N-dealkylation sites (tertiary alicyclic amines) is 1. The number of rotatable bonds is 10. The molecule has 1 saturated heterocycles. The number of piperidine rings is 1. The number of nitrogens with zero attached hydrogens (tertiary/aromatic N) is 5. The topological polar surface area (TPSA) is 159 Å². The maximum Gasteiger partial charge on any atom is 0.335 e. The van der Waals surface area contributed by atoms with Crippen LogP contribution < -0.4 is 10.6 Å². The molecule has 0 unspecified atom stereocenters. The molecule has 12 nitrogen and oxygen atoms in total. The van der Waals surface area contributed by atoms with Crippen molar-refractivity contribution in [2.75, 3.05) is 18.4 Å². The first-order valence-electron chi connectivity index (χ1n) is 13.1. The number of aromatic carboxylic acids is 1. The summed E-state index contributed by atoms with van der Waals surface area (Å²) in [5.41, 5.74) is 1.71. The van der Waals surface area contributed by atoms with E-state index in [4.69, 9.17) is 16.7 Å². The van der Waals surface area contributed by atoms with Crippen molar-refractivity contribution in [3.8, 4) is 5.69 Å². The van der Waals surface area contributed by atoms with Crippen LogP contribution in [-0.2, 0) is 14.4 Å². The van der Waals surface area contributed by atoms with Crippen LogP contribution in [0.1, 0.15) is 48.5 Å². The number of hydrogen-bond acceptors (Lipinski definition) is 7. The van der Waals surface area contributed by atoms with E-state index in [1.165, 1.54) is 41.4 Å². The van der Waals surface area contributed by atoms with E-state index in [2.05, 4.69) is 26.2 Å². The normalized spacial score (nSPS) is 14.5. The van der Waals surface area contributed by atoms with Gasteiger partial charge in [-0.2, -0.15) is 4.68 Å². The van der Waals surface area contributed by atoms with E-state index < -0.39 is 23.8 Å². The molecule has 1 atom stereocenters. The van der Waals surface area contributed by atoms with Crippen LogP contribution in [0, 0.1) is 5.92 Å². The first-order valence-corrected chi connectivity index (χ1v) is 13.5. The maximum absolute atomic E-state index is 13.2. The number of nitrogens with one attached hydrogen (secondary N) is 2. The maximum atomic E-state index is 13.2. The minimum Gasteiger partial charge on any atom is -0.478 e. The predicted molar refractivity (Wildman–Crippen MR) is 151 cm³/mol. The average molecular weight is 580 g/mol. The minimum absolute atomic E-state index is 0.0524. The number of carboxylic acid groups (broad SMARTS) is 1. The van der Waals surface area contributed by atoms with E-state index in [0.29, 0.717) is 53.8 Å². The molecule has 0 spiro atoms. The summed E-state index contributed by atoms with van der Waals surface area (Å²) in [6.45, 7) is 2.90. The van der Waals surface area contributed by atoms with Crippen molar-refractivity contribution >= 4 is 47.1 Å². The molecule has 41 heavy (non-hydrogen) atoms. The van der Waals surface area contributed by atoms with Crippen molar-refractivity contribution in [3.05, 3.63) is 71.0 Å². The van der Waals surface area contributed by atoms with E-state index in [9.17, 15) is 19.2 Å². The van der Waals surface area contributed by atoms with E-state index in [-0.39, 0.29) is 11.5 Å². The molecule has 0 radical (unpaired) electrons. The molecule has 0 bridgehead atoms. The molecular formula is C28H30ClN7O5. The number of benzene rings is 2. The summed E-state index contributed by atoms with van der Waals surface area (Å²) in [5.74, 6) is -1.61. The van der Waals surface area contributed by atoms with Crippen molar-refractivity contribution in [2.24, 2.45) is 5.92 Å². The van der Waals surface area contributed by atoms with E-state index in [1.54, 1.807) is 31.2 Å². The Bertz CT molecular complexity index is 1420. The largest absolute Gasteiger partial charge is 0.478 e. The number of carbonyl (C=O) groups excluding carboxylic acids is 3. The predicted octanol–water partition coefficient (Wildman–Crippen LogP) is 3.19. The zero-order chi connectivity index (χ0) is 29.4. The van der Waals surface area contributed by atoms with Crippen LogP contribution in [0.5, 0.6) is 0 Å². The number of halogens is 1. The molecule has 4 rings (SSSR count). The Kier molecular flexibility index (Phi) is 9.80. The monoisotopic (exact) mass is 579 g/mol. The molecule has 3 amide bonds. The summed E-state index contributed by atoms with van der Waals surface area (Å²) >= 11 is 6.16. The van der Waals surface area contributed by atoms with Gasteiger partial charge in [0, 0.05) is 42.4 Å². The van der Waals surface area contributed by atoms with Gasteiger partial charge >= 0.3 is 5.97 Å². The Hall–Kier alpha value is -4.58. The highest BCUT2D eigenvalue weighted by molar-refractivity contribution is 6.30. The highest BCUT2D eigenvalue weighted by Gasteiger charge is 2.25. The third kappa shape index (κ3) is 8.21. The van der Waals surface area contributed by atoms with Crippen molar-refractivity contribution in [3.63, 3.8) is 0 Å². The van der Waals surface area contributed by atoms with Gasteiger partial charge in [0.05, 0.1) is 11.3 Å². The van der Waals surface area contributed by atoms with Gasteiger partial charge in [0.25, 0.3) is 0 Å². The van der Waals surface area contributed by atoms with Gasteiger partial charge in [-0.05, 0) is 90.6 Å². The minimum atomic E-state index is -1.07. The molecule has 2 heterocycles. The van der Waals surface area contributed by atoms with Crippen LogP contribution in [0.25, 0.3) is 11.8 Å². The van der Waals surface area contributed by atoms with Gasteiger partial charge in [0.15, 0.2) is 0 Å². The van der Waals surface area contributed by atoms with Crippen LogP contribution in [-0.4, -0.2) is 73.0 Å². The number of tetrazole rings is 1. The number of carbonyl (C=O) groups is 4. The molecule has 1 aromatic heterocycles. The Morgan fingerprint density at radius 3 is 2.49 bits per heavy atom. The van der Waals surface area contributed by atoms with Crippen molar-refractivity contribution < 1.29 is 24.3 Å². The Balaban J connectivity index is 1.45. The number of aromatic nitrogens is 4. The highest BCUT2D eigenvalue weighted by atomic mass is 35.5. The summed E-state index contributed by atoms with van der Waals surface area (Å²) in [5, 5.41) is 26.3. The summed E-state index contributed by atoms with van der Waals surface area (Å²) in [6.07, 6.45) is 7.02. The summed E-state index contributed by atoms with van der Waals surface area (Å²) < 4.78 is 1.44. The fraction of sp³-hybridized carbons (Fsp3) is 0.321. The molecule has 3 aromatic rings. The molecule has 2 aromatic carbocycles. The number of hydrogen-bond donors (Lipinski definition) is 3. The van der Waals surface area contributed by atoms with Crippen molar-refractivity contribution in [1.29, 1.82) is 0 Å². The summed E-state index contributed by atoms with van der Waals surface area (Å²) in [6, 6.07) is 10.00. The second-order valence-corrected chi connectivity index (χ2v) is 10.2. The molecule has 0 saturated carbocycles. The zero-order valence-electron chi connectivity index (χ0n) is 22.4. The number of anilines is 1. The first-order chi connectivity index (χ1) is 19.7. The van der Waals surface area contributed by atoms with Crippen LogP contribution >= 0.6 is 11.6 Å². The van der Waals surface area contributed by atoms with Crippen molar-refractivity contribution in [1.82, 2.24) is 30.4 Å². The molecular weight excluding hydrogens is 550 g/mol. The average Bonchev–Trinajstić information content (AvgIpc) is 3.49. The van der Waals surface area contributed by atoms with Crippen LogP contribution in [0.2, 0.25) is 5.02 Å². The lowest BCUT2D eigenvalue weighted by Crippen LogP contribution is -2.44. The molecule has 1 aliphatic heterocycles. The smallest absolute Gasteiger partial charge is 0.335 e. The van der Waals surface area contributed by atoms with E-state index in [1.807, 2.05) is 4.90 Å². The van der Waals surface area contributed by atoms with Crippen LogP contribution in [0.4, 0.5) is 5.69 Å². The second kappa shape index (κ2) is 13.7. The highest BCUT2D eigenvalue weighted by Crippen LogP contribution is 2.24. The molecule has 3 N–H and O–H groups in total. The van der Waals surface area contributed by atoms with Gasteiger partial charge in [0.1, 0.15) is 12.4 Å². The van der Waals surface area contributed by atoms with Gasteiger partial charge in [-0.25, -0.2) is 4.79 Å². The van der Waals surface area contributed by atoms with Gasteiger partial charge in [-0.1, -0.05) is 11.6 Å². The van der Waals surface area contributed by atoms with Crippen LogP contribution in [0.15, 0.2) is 54.9 Å². The van der Waals surface area contributed by atoms with E-state index in [0.717, 1.165) is 12.8 Å². The molecule has 1 aliphatic rings. The lowest BCUT2D eigenvalue weighted by atomic mass is 9.90. The van der Waals surface area contributed by atoms with Crippen molar-refractivity contribution in [2.45, 2.75) is 38.6 Å². The molecule has 214 valence electrons. The number of amides is 3. The standard InChI is InChI=1S/C28H30ClN7O5/c1-18(37)35-14-12-19(13-15-35)2-9-24(27(39)31-23-7-3-20(4-8-23)28(40)41)32-26(38)11-5-21-16-22(29)6-10-25(21)36-17-30-33-34-36/h3-8,10-11,16-17,19,24H,2,9,12-15H2,1H3,(H,31,39)(H,32,38)(H,40,41)/t24-/m0/s1. The molecule has 0 aliphatic carbocycles. The zero-order valence-corrected chi connectivity index (χ0v) is 23.1. The molecule has 1 fully saturated rings. The summed E-state index contributed by atoms with van der Waals surface area (Å²) in [4.78, 5) is 50.8. The van der Waals surface area contributed by atoms with Gasteiger partial charge in [-0.3, -0.25) is 14.4 Å². The summed E-state index contributed by atoms with van der Waals surface area (Å²) in [7, 11) is 0. The quantitative estimate of drug-likeness (QED) is 0.309. The third-order valence-corrected chi connectivity index (χ3v) is 7.19. The lowest BCUT2D eigenvalue weighted by Gasteiger charge is -2.32. The number of carboxylic acids is 1. The molecule has 13 heteroatoms. The van der Waals surface area contributed by atoms with Gasteiger partial charge in [-0.15, -0.1) is 5.10 Å². The third-order valence-electron chi connectivity index (χ3n) is 6.96. The Morgan fingerprint density at radius 2 is 1.85 bits per heavy atom. The fourth-order valence-corrected chi connectivity index (χ4v) is 4.84. The fourth-order valence-electron chi connectivity index (χ4n) is 4.66. The van der Waals surface area contributed by atoms with E-state index >= 15 is 0 Å². The first kappa shape index (κ1) is 29.4. The van der Waals surface area contributed by atoms with Gasteiger partial charge < -0.3 is 20.6 Å². The lowest BCUT2D eigenvalue weighted by molar-refractivity contribution is -0.130. The van der Waals surface area contributed by atoms with Gasteiger partial charge in [0.2, 0.25) is 17.7 Å². The Labute approximate surface area is 241 Å². The SMILES string of the molecule is CC(=O)N1CCC(CC[C@H](NC(=O)C=Cc2cc(Cl)ccc2-n2cnnn2)C(=O)Nc2ccc(C(=O)O)cc2)CC1. The Morgan fingerprint density at radius 1 is 1.12 bits per heavy atom. The van der Waals surface area contributed by atoms with Crippen LogP contribution in [0.3, 0.4) is 0 Å². The second-order valence-electron chi connectivity index (χ2n) is 9.75.